The lowest BCUT2D eigenvalue weighted by molar-refractivity contribution is 0.200. The number of hydrogen-bond acceptors (Lipinski definition) is 1. The van der Waals surface area contributed by atoms with E-state index in [1.807, 2.05) is 0 Å². The average Bonchev–Trinajstić information content (AvgIpc) is 2.15. The van der Waals surface area contributed by atoms with Crippen molar-refractivity contribution in [3.63, 3.8) is 0 Å². The fourth-order valence-electron chi connectivity index (χ4n) is 2.13. The van der Waals surface area contributed by atoms with Crippen LogP contribution in [0.5, 0.6) is 0 Å². The lowest BCUT2D eigenvalue weighted by Crippen LogP contribution is -2.14. The van der Waals surface area contributed by atoms with Gasteiger partial charge >= 0.3 is 0 Å². The summed E-state index contributed by atoms with van der Waals surface area (Å²) in [5, 5.41) is 8.97. The molecule has 1 heteroatoms. The van der Waals surface area contributed by atoms with Crippen LogP contribution < -0.4 is 0 Å². The van der Waals surface area contributed by atoms with Gasteiger partial charge in [-0.1, -0.05) is 41.0 Å². The van der Waals surface area contributed by atoms with Gasteiger partial charge in [-0.05, 0) is 36.5 Å². The Labute approximate surface area is 89.9 Å². The Bertz CT molecular complexity index is 133. The van der Waals surface area contributed by atoms with Gasteiger partial charge in [-0.15, -0.1) is 0 Å². The van der Waals surface area contributed by atoms with E-state index in [1.165, 1.54) is 12.8 Å². The molecule has 1 N–H and O–H groups in total. The van der Waals surface area contributed by atoms with Crippen LogP contribution in [-0.4, -0.2) is 11.7 Å². The number of rotatable bonds is 7. The minimum Gasteiger partial charge on any atom is -0.396 e. The number of aliphatic hydroxyl groups excluding tert-OH is 1. The van der Waals surface area contributed by atoms with Crippen molar-refractivity contribution in [2.75, 3.05) is 6.61 Å². The molecule has 0 aliphatic rings. The first-order valence-corrected chi connectivity index (χ1v) is 6.12. The summed E-state index contributed by atoms with van der Waals surface area (Å²) in [5.41, 5.74) is 0. The van der Waals surface area contributed by atoms with Crippen LogP contribution in [0.2, 0.25) is 0 Å². The fraction of sp³-hybridized carbons (Fsp3) is 1.00. The van der Waals surface area contributed by atoms with E-state index in [-0.39, 0.29) is 0 Å². The summed E-state index contributed by atoms with van der Waals surface area (Å²) in [7, 11) is 0. The van der Waals surface area contributed by atoms with Crippen LogP contribution in [0, 0.1) is 23.7 Å². The van der Waals surface area contributed by atoms with Crippen LogP contribution in [0.1, 0.15) is 53.9 Å². The molecule has 4 unspecified atom stereocenters. The summed E-state index contributed by atoms with van der Waals surface area (Å²) in [6.45, 7) is 11.7. The minimum atomic E-state index is 0.335. The highest BCUT2D eigenvalue weighted by Crippen LogP contribution is 2.25. The molecule has 0 aromatic rings. The molecule has 0 spiro atoms. The van der Waals surface area contributed by atoms with Crippen molar-refractivity contribution in [3.05, 3.63) is 0 Å². The summed E-state index contributed by atoms with van der Waals surface area (Å²) >= 11 is 0. The standard InChI is InChI=1S/C13H28O/c1-6-12(4)13(5)8-10(2)7-11(3)9-14/h10-14H,6-9H2,1-5H3. The quantitative estimate of drug-likeness (QED) is 0.664. The molecule has 86 valence electrons. The van der Waals surface area contributed by atoms with Crippen molar-refractivity contribution in [2.24, 2.45) is 23.7 Å². The number of hydrogen-bond donors (Lipinski definition) is 1. The van der Waals surface area contributed by atoms with Crippen LogP contribution in [0.3, 0.4) is 0 Å². The van der Waals surface area contributed by atoms with Gasteiger partial charge in [-0.2, -0.15) is 0 Å². The SMILES string of the molecule is CCC(C)C(C)CC(C)CC(C)CO. The second-order valence-corrected chi connectivity index (χ2v) is 5.23. The molecule has 0 heterocycles. The normalized spacial score (nSPS) is 20.1. The first kappa shape index (κ1) is 14.0. The Morgan fingerprint density at radius 1 is 0.857 bits per heavy atom. The minimum absolute atomic E-state index is 0.335. The molecule has 0 fully saturated rings. The maximum absolute atomic E-state index is 8.97. The lowest BCUT2D eigenvalue weighted by Gasteiger charge is -2.23. The first-order chi connectivity index (χ1) is 6.51. The Hall–Kier alpha value is -0.0400. The summed E-state index contributed by atoms with van der Waals surface area (Å²) in [4.78, 5) is 0. The highest BCUT2D eigenvalue weighted by Gasteiger charge is 2.15. The van der Waals surface area contributed by atoms with Crippen LogP contribution in [0.4, 0.5) is 0 Å². The molecule has 0 aliphatic carbocycles. The van der Waals surface area contributed by atoms with Crippen molar-refractivity contribution < 1.29 is 5.11 Å². The van der Waals surface area contributed by atoms with Gasteiger partial charge in [0.2, 0.25) is 0 Å². The molecular formula is C13H28O. The molecule has 0 aliphatic heterocycles. The van der Waals surface area contributed by atoms with Gasteiger partial charge in [0.25, 0.3) is 0 Å². The zero-order valence-electron chi connectivity index (χ0n) is 10.6. The zero-order valence-corrected chi connectivity index (χ0v) is 10.6. The Balaban J connectivity index is 3.75. The van der Waals surface area contributed by atoms with E-state index in [9.17, 15) is 0 Å². The summed E-state index contributed by atoms with van der Waals surface area (Å²) in [6.07, 6.45) is 3.75. The van der Waals surface area contributed by atoms with Crippen molar-refractivity contribution >= 4 is 0 Å². The van der Waals surface area contributed by atoms with E-state index in [0.717, 1.165) is 24.2 Å². The molecule has 4 atom stereocenters. The second-order valence-electron chi connectivity index (χ2n) is 5.23. The van der Waals surface area contributed by atoms with Gasteiger partial charge in [0.15, 0.2) is 0 Å². The largest absolute Gasteiger partial charge is 0.396 e. The fourth-order valence-corrected chi connectivity index (χ4v) is 2.13. The molecular weight excluding hydrogens is 172 g/mol. The van der Waals surface area contributed by atoms with Crippen LogP contribution >= 0.6 is 0 Å². The number of aliphatic hydroxyl groups is 1. The third-order valence-corrected chi connectivity index (χ3v) is 3.51. The van der Waals surface area contributed by atoms with E-state index in [0.29, 0.717) is 12.5 Å². The van der Waals surface area contributed by atoms with Crippen LogP contribution in [0.15, 0.2) is 0 Å². The molecule has 0 amide bonds. The summed E-state index contributed by atoms with van der Waals surface area (Å²) in [6, 6.07) is 0. The predicted molar refractivity (Wildman–Crippen MR) is 63.3 cm³/mol. The molecule has 0 radical (unpaired) electrons. The van der Waals surface area contributed by atoms with Crippen LogP contribution in [-0.2, 0) is 0 Å². The van der Waals surface area contributed by atoms with Crippen LogP contribution in [0.25, 0.3) is 0 Å². The Morgan fingerprint density at radius 3 is 1.86 bits per heavy atom. The van der Waals surface area contributed by atoms with Crippen molar-refractivity contribution in [2.45, 2.75) is 53.9 Å². The molecule has 1 nitrogen and oxygen atoms in total. The van der Waals surface area contributed by atoms with Crippen molar-refractivity contribution in [3.8, 4) is 0 Å². The summed E-state index contributed by atoms with van der Waals surface area (Å²) < 4.78 is 0. The van der Waals surface area contributed by atoms with Gasteiger partial charge in [0, 0.05) is 6.61 Å². The van der Waals surface area contributed by atoms with Gasteiger partial charge in [0.05, 0.1) is 0 Å². The van der Waals surface area contributed by atoms with Crippen molar-refractivity contribution in [1.29, 1.82) is 0 Å². The third-order valence-electron chi connectivity index (χ3n) is 3.51. The predicted octanol–water partition coefficient (Wildman–Crippen LogP) is 3.71. The third kappa shape index (κ3) is 5.64. The van der Waals surface area contributed by atoms with Gasteiger partial charge < -0.3 is 5.11 Å². The highest BCUT2D eigenvalue weighted by molar-refractivity contribution is 4.66. The van der Waals surface area contributed by atoms with E-state index in [4.69, 9.17) is 5.11 Å². The molecule has 0 aromatic heterocycles. The van der Waals surface area contributed by atoms with Gasteiger partial charge in [0.1, 0.15) is 0 Å². The van der Waals surface area contributed by atoms with Gasteiger partial charge in [-0.3, -0.25) is 0 Å². The van der Waals surface area contributed by atoms with Crippen molar-refractivity contribution in [1.82, 2.24) is 0 Å². The van der Waals surface area contributed by atoms with E-state index >= 15 is 0 Å². The first-order valence-electron chi connectivity index (χ1n) is 6.12. The molecule has 14 heavy (non-hydrogen) atoms. The Morgan fingerprint density at radius 2 is 1.43 bits per heavy atom. The Kier molecular flexibility index (Phi) is 7.26. The summed E-state index contributed by atoms with van der Waals surface area (Å²) in [5.74, 6) is 2.87. The monoisotopic (exact) mass is 200 g/mol. The molecule has 0 aromatic carbocycles. The molecule has 0 bridgehead atoms. The van der Waals surface area contributed by atoms with E-state index < -0.39 is 0 Å². The average molecular weight is 200 g/mol. The van der Waals surface area contributed by atoms with E-state index in [2.05, 4.69) is 34.6 Å². The molecule has 0 rings (SSSR count). The molecule has 0 saturated heterocycles. The zero-order chi connectivity index (χ0) is 11.1. The smallest absolute Gasteiger partial charge is 0.0456 e. The maximum Gasteiger partial charge on any atom is 0.0456 e. The second kappa shape index (κ2) is 7.28. The topological polar surface area (TPSA) is 20.2 Å². The van der Waals surface area contributed by atoms with E-state index in [1.54, 1.807) is 0 Å². The maximum atomic E-state index is 8.97. The highest BCUT2D eigenvalue weighted by atomic mass is 16.3. The molecule has 0 saturated carbocycles. The lowest BCUT2D eigenvalue weighted by atomic mass is 9.83. The van der Waals surface area contributed by atoms with Gasteiger partial charge in [-0.25, -0.2) is 0 Å².